The van der Waals surface area contributed by atoms with Gasteiger partial charge in [0.15, 0.2) is 0 Å². The van der Waals surface area contributed by atoms with Crippen molar-refractivity contribution in [2.75, 3.05) is 30.9 Å². The fourth-order valence-electron chi connectivity index (χ4n) is 1.85. The van der Waals surface area contributed by atoms with Crippen molar-refractivity contribution in [3.63, 3.8) is 0 Å². The van der Waals surface area contributed by atoms with E-state index >= 15 is 0 Å². The summed E-state index contributed by atoms with van der Waals surface area (Å²) in [5, 5.41) is 0.626. The summed E-state index contributed by atoms with van der Waals surface area (Å²) in [5.41, 5.74) is 7.71. The predicted molar refractivity (Wildman–Crippen MR) is 68.1 cm³/mol. The van der Waals surface area contributed by atoms with Crippen molar-refractivity contribution in [3.05, 3.63) is 23.2 Å². The minimum atomic E-state index is 0.607. The highest BCUT2D eigenvalue weighted by Crippen LogP contribution is 2.37. The molecule has 2 N–H and O–H groups in total. The molecule has 1 saturated carbocycles. The van der Waals surface area contributed by atoms with Crippen molar-refractivity contribution in [2.45, 2.75) is 18.9 Å². The Labute approximate surface area is 101 Å². The van der Waals surface area contributed by atoms with E-state index in [2.05, 4.69) is 4.90 Å². The average Bonchev–Trinajstić information content (AvgIpc) is 3.08. The number of hydrogen-bond acceptors (Lipinski definition) is 3. The summed E-state index contributed by atoms with van der Waals surface area (Å²) >= 11 is 6.03. The SMILES string of the molecule is COCCN(c1cccc(Cl)c1N)C1CC1. The Hall–Kier alpha value is -0.930. The van der Waals surface area contributed by atoms with Crippen LogP contribution in [0.5, 0.6) is 0 Å². The van der Waals surface area contributed by atoms with E-state index in [4.69, 9.17) is 22.1 Å². The van der Waals surface area contributed by atoms with Gasteiger partial charge in [0.05, 0.1) is 23.0 Å². The molecule has 1 aromatic rings. The number of halogens is 1. The number of rotatable bonds is 5. The molecule has 0 aromatic heterocycles. The van der Waals surface area contributed by atoms with E-state index < -0.39 is 0 Å². The lowest BCUT2D eigenvalue weighted by Gasteiger charge is -2.26. The second-order valence-corrected chi connectivity index (χ2v) is 4.50. The van der Waals surface area contributed by atoms with Crippen molar-refractivity contribution >= 4 is 23.0 Å². The van der Waals surface area contributed by atoms with Gasteiger partial charge in [-0.3, -0.25) is 0 Å². The standard InChI is InChI=1S/C12H17ClN2O/c1-16-8-7-15(9-5-6-9)11-4-2-3-10(13)12(11)14/h2-4,9H,5-8,14H2,1H3. The van der Waals surface area contributed by atoms with Crippen LogP contribution in [0.1, 0.15) is 12.8 Å². The highest BCUT2D eigenvalue weighted by Gasteiger charge is 2.30. The number of para-hydroxylation sites is 1. The zero-order chi connectivity index (χ0) is 11.5. The molecule has 0 radical (unpaired) electrons. The highest BCUT2D eigenvalue weighted by molar-refractivity contribution is 6.33. The molecule has 1 fully saturated rings. The van der Waals surface area contributed by atoms with Crippen LogP contribution in [0.3, 0.4) is 0 Å². The van der Waals surface area contributed by atoms with Crippen LogP contribution in [-0.2, 0) is 4.74 Å². The maximum absolute atomic E-state index is 6.03. The van der Waals surface area contributed by atoms with Crippen molar-refractivity contribution < 1.29 is 4.74 Å². The first-order chi connectivity index (χ1) is 7.74. The number of hydrogen-bond donors (Lipinski definition) is 1. The Morgan fingerprint density at radius 3 is 2.88 bits per heavy atom. The smallest absolute Gasteiger partial charge is 0.0741 e. The van der Waals surface area contributed by atoms with Crippen LogP contribution in [0, 0.1) is 0 Å². The van der Waals surface area contributed by atoms with Gasteiger partial charge in [0, 0.05) is 19.7 Å². The fraction of sp³-hybridized carbons (Fsp3) is 0.500. The van der Waals surface area contributed by atoms with Gasteiger partial charge in [-0.05, 0) is 25.0 Å². The Morgan fingerprint density at radius 1 is 1.50 bits per heavy atom. The Balaban J connectivity index is 2.20. The third-order valence-corrected chi connectivity index (χ3v) is 3.19. The molecule has 0 saturated heterocycles. The largest absolute Gasteiger partial charge is 0.396 e. The van der Waals surface area contributed by atoms with Crippen molar-refractivity contribution in [1.82, 2.24) is 0 Å². The summed E-state index contributed by atoms with van der Waals surface area (Å²) in [6.45, 7) is 1.58. The Morgan fingerprint density at radius 2 is 2.25 bits per heavy atom. The Kier molecular flexibility index (Phi) is 3.56. The molecule has 3 nitrogen and oxygen atoms in total. The molecule has 0 amide bonds. The number of anilines is 2. The minimum Gasteiger partial charge on any atom is -0.396 e. The number of methoxy groups -OCH3 is 1. The molecular weight excluding hydrogens is 224 g/mol. The van der Waals surface area contributed by atoms with Crippen LogP contribution in [-0.4, -0.2) is 26.3 Å². The highest BCUT2D eigenvalue weighted by atomic mass is 35.5. The van der Waals surface area contributed by atoms with E-state index in [0.717, 1.165) is 12.2 Å². The molecule has 2 rings (SSSR count). The second-order valence-electron chi connectivity index (χ2n) is 4.09. The average molecular weight is 241 g/mol. The van der Waals surface area contributed by atoms with E-state index in [1.165, 1.54) is 12.8 Å². The zero-order valence-corrected chi connectivity index (χ0v) is 10.2. The lowest BCUT2D eigenvalue weighted by Crippen LogP contribution is -2.30. The molecular formula is C12H17ClN2O. The molecule has 0 aliphatic heterocycles. The summed E-state index contributed by atoms with van der Waals surface area (Å²) in [4.78, 5) is 2.30. The maximum Gasteiger partial charge on any atom is 0.0741 e. The number of nitrogens with zero attached hydrogens (tertiary/aromatic N) is 1. The van der Waals surface area contributed by atoms with E-state index in [-0.39, 0.29) is 0 Å². The molecule has 1 aliphatic rings. The molecule has 88 valence electrons. The van der Waals surface area contributed by atoms with Gasteiger partial charge in [0.25, 0.3) is 0 Å². The molecule has 0 unspecified atom stereocenters. The van der Waals surface area contributed by atoms with Crippen LogP contribution in [0.25, 0.3) is 0 Å². The summed E-state index contributed by atoms with van der Waals surface area (Å²) in [6, 6.07) is 6.39. The number of nitrogen functional groups attached to an aromatic ring is 1. The van der Waals surface area contributed by atoms with Crippen LogP contribution in [0.2, 0.25) is 5.02 Å². The van der Waals surface area contributed by atoms with E-state index in [9.17, 15) is 0 Å². The molecule has 0 heterocycles. The van der Waals surface area contributed by atoms with Crippen molar-refractivity contribution in [1.29, 1.82) is 0 Å². The first-order valence-corrected chi connectivity index (χ1v) is 5.91. The topological polar surface area (TPSA) is 38.5 Å². The van der Waals surface area contributed by atoms with Crippen molar-refractivity contribution in [3.8, 4) is 0 Å². The number of nitrogens with two attached hydrogens (primary N) is 1. The first kappa shape index (κ1) is 11.6. The molecule has 0 bridgehead atoms. The summed E-state index contributed by atoms with van der Waals surface area (Å²) in [5.74, 6) is 0. The van der Waals surface area contributed by atoms with Gasteiger partial charge in [-0.2, -0.15) is 0 Å². The van der Waals surface area contributed by atoms with Gasteiger partial charge >= 0.3 is 0 Å². The number of ether oxygens (including phenoxy) is 1. The van der Waals surface area contributed by atoms with E-state index in [0.29, 0.717) is 23.4 Å². The van der Waals surface area contributed by atoms with Crippen molar-refractivity contribution in [2.24, 2.45) is 0 Å². The van der Waals surface area contributed by atoms with Gasteiger partial charge in [0.2, 0.25) is 0 Å². The third kappa shape index (κ3) is 2.42. The zero-order valence-electron chi connectivity index (χ0n) is 9.45. The molecule has 4 heteroatoms. The lowest BCUT2D eigenvalue weighted by atomic mass is 10.2. The monoisotopic (exact) mass is 240 g/mol. The van der Waals surface area contributed by atoms with Gasteiger partial charge in [0.1, 0.15) is 0 Å². The summed E-state index contributed by atoms with van der Waals surface area (Å²) in [7, 11) is 1.71. The first-order valence-electron chi connectivity index (χ1n) is 5.53. The van der Waals surface area contributed by atoms with Gasteiger partial charge < -0.3 is 15.4 Å². The van der Waals surface area contributed by atoms with E-state index in [1.54, 1.807) is 7.11 Å². The lowest BCUT2D eigenvalue weighted by molar-refractivity contribution is 0.205. The molecule has 1 aromatic carbocycles. The molecule has 16 heavy (non-hydrogen) atoms. The van der Waals surface area contributed by atoms with Crippen LogP contribution in [0.4, 0.5) is 11.4 Å². The molecule has 0 atom stereocenters. The van der Waals surface area contributed by atoms with Crippen LogP contribution < -0.4 is 10.6 Å². The van der Waals surface area contributed by atoms with Crippen LogP contribution in [0.15, 0.2) is 18.2 Å². The fourth-order valence-corrected chi connectivity index (χ4v) is 2.02. The van der Waals surface area contributed by atoms with Crippen LogP contribution >= 0.6 is 11.6 Å². The molecule has 0 spiro atoms. The summed E-state index contributed by atoms with van der Waals surface area (Å²) in [6.07, 6.45) is 2.46. The quantitative estimate of drug-likeness (QED) is 0.804. The van der Waals surface area contributed by atoms with Gasteiger partial charge in [-0.1, -0.05) is 17.7 Å². The maximum atomic E-state index is 6.03. The Bertz CT molecular complexity index is 366. The molecule has 1 aliphatic carbocycles. The van der Waals surface area contributed by atoms with Gasteiger partial charge in [-0.15, -0.1) is 0 Å². The predicted octanol–water partition coefficient (Wildman–Crippen LogP) is 2.54. The van der Waals surface area contributed by atoms with Gasteiger partial charge in [-0.25, -0.2) is 0 Å². The van der Waals surface area contributed by atoms with E-state index in [1.807, 2.05) is 18.2 Å². The summed E-state index contributed by atoms with van der Waals surface area (Å²) < 4.78 is 5.13. The normalized spacial score (nSPS) is 15.1. The number of benzene rings is 1. The third-order valence-electron chi connectivity index (χ3n) is 2.86. The minimum absolute atomic E-state index is 0.607. The second kappa shape index (κ2) is 4.93.